The third-order valence-corrected chi connectivity index (χ3v) is 4.71. The molecule has 5 nitrogen and oxygen atoms in total. The number of rotatable bonds is 3. The minimum atomic E-state index is -3.83. The highest BCUT2D eigenvalue weighted by Crippen LogP contribution is 2.24. The summed E-state index contributed by atoms with van der Waals surface area (Å²) in [6.07, 6.45) is 2.90. The molecular formula is C10H6Br2ClN3O2S. The van der Waals surface area contributed by atoms with Crippen LogP contribution < -0.4 is 4.72 Å². The number of nitrogens with zero attached hydrogens (tertiary/aromatic N) is 2. The summed E-state index contributed by atoms with van der Waals surface area (Å²) in [5.74, 6) is 0.194. The van der Waals surface area contributed by atoms with Crippen molar-refractivity contribution < 1.29 is 8.42 Å². The molecular weight excluding hydrogens is 421 g/mol. The zero-order chi connectivity index (χ0) is 14.0. The zero-order valence-electron chi connectivity index (χ0n) is 9.14. The molecule has 0 aromatic carbocycles. The molecule has 2 rings (SSSR count). The Hall–Kier alpha value is -0.700. The van der Waals surface area contributed by atoms with Gasteiger partial charge in [-0.3, -0.25) is 4.72 Å². The second-order valence-corrected chi connectivity index (χ2v) is 7.25. The molecule has 0 unspecified atom stereocenters. The Morgan fingerprint density at radius 1 is 1.11 bits per heavy atom. The van der Waals surface area contributed by atoms with Crippen LogP contribution in [0, 0.1) is 0 Å². The van der Waals surface area contributed by atoms with Crippen LogP contribution in [0.5, 0.6) is 0 Å². The Balaban J connectivity index is 2.37. The Morgan fingerprint density at radius 3 is 2.42 bits per heavy atom. The van der Waals surface area contributed by atoms with Crippen LogP contribution in [-0.2, 0) is 10.0 Å². The molecule has 0 fully saturated rings. The van der Waals surface area contributed by atoms with Gasteiger partial charge in [0.2, 0.25) is 0 Å². The molecule has 2 heterocycles. The largest absolute Gasteiger partial charge is 0.266 e. The lowest BCUT2D eigenvalue weighted by Crippen LogP contribution is -2.14. The van der Waals surface area contributed by atoms with Gasteiger partial charge in [0.05, 0.1) is 0 Å². The number of nitrogens with one attached hydrogen (secondary N) is 1. The summed E-state index contributed by atoms with van der Waals surface area (Å²) >= 11 is 12.2. The van der Waals surface area contributed by atoms with E-state index in [1.807, 2.05) is 0 Å². The van der Waals surface area contributed by atoms with Crippen LogP contribution in [-0.4, -0.2) is 18.4 Å². The topological polar surface area (TPSA) is 72.0 Å². The van der Waals surface area contributed by atoms with Crippen LogP contribution in [0.15, 0.2) is 44.4 Å². The third kappa shape index (κ3) is 3.65. The van der Waals surface area contributed by atoms with Crippen molar-refractivity contribution >= 4 is 59.3 Å². The average Bonchev–Trinajstić information content (AvgIpc) is 2.35. The minimum absolute atomic E-state index is 0.104. The molecule has 0 saturated carbocycles. The molecule has 1 N–H and O–H groups in total. The summed E-state index contributed by atoms with van der Waals surface area (Å²) in [4.78, 5) is 7.58. The van der Waals surface area contributed by atoms with E-state index in [9.17, 15) is 8.42 Å². The van der Waals surface area contributed by atoms with Crippen molar-refractivity contribution in [3.63, 3.8) is 0 Å². The summed E-state index contributed by atoms with van der Waals surface area (Å²) in [5.41, 5.74) is 0. The first-order valence-corrected chi connectivity index (χ1v) is 8.28. The fourth-order valence-electron chi connectivity index (χ4n) is 1.22. The predicted octanol–water partition coefficient (Wildman–Crippen LogP) is 3.46. The number of aromatic nitrogens is 2. The fourth-order valence-corrected chi connectivity index (χ4v) is 3.41. The van der Waals surface area contributed by atoms with Gasteiger partial charge in [0.1, 0.15) is 15.9 Å². The molecule has 0 aliphatic carbocycles. The monoisotopic (exact) mass is 425 g/mol. The second kappa shape index (κ2) is 5.74. The molecule has 0 amide bonds. The molecule has 0 aliphatic heterocycles. The molecule has 19 heavy (non-hydrogen) atoms. The Morgan fingerprint density at radius 2 is 1.79 bits per heavy atom. The Bertz CT molecular complexity index is 707. The van der Waals surface area contributed by atoms with Gasteiger partial charge >= 0.3 is 0 Å². The van der Waals surface area contributed by atoms with Gasteiger partial charge in [-0.15, -0.1) is 0 Å². The molecule has 0 saturated heterocycles. The summed E-state index contributed by atoms with van der Waals surface area (Å²) in [6.45, 7) is 0. The number of pyridine rings is 2. The maximum absolute atomic E-state index is 12.2. The van der Waals surface area contributed by atoms with Crippen molar-refractivity contribution in [3.05, 3.63) is 44.7 Å². The van der Waals surface area contributed by atoms with E-state index in [1.54, 1.807) is 6.07 Å². The van der Waals surface area contributed by atoms with Gasteiger partial charge in [0.15, 0.2) is 0 Å². The van der Waals surface area contributed by atoms with E-state index in [4.69, 9.17) is 11.6 Å². The van der Waals surface area contributed by atoms with Crippen molar-refractivity contribution in [1.29, 1.82) is 0 Å². The van der Waals surface area contributed by atoms with E-state index in [0.717, 1.165) is 4.47 Å². The summed E-state index contributed by atoms with van der Waals surface area (Å²) < 4.78 is 27.9. The maximum atomic E-state index is 12.2. The number of sulfonamides is 1. The van der Waals surface area contributed by atoms with Gasteiger partial charge in [-0.2, -0.15) is 0 Å². The quantitative estimate of drug-likeness (QED) is 0.762. The van der Waals surface area contributed by atoms with E-state index in [1.165, 1.54) is 24.5 Å². The van der Waals surface area contributed by atoms with Gasteiger partial charge in [-0.1, -0.05) is 11.6 Å². The summed E-state index contributed by atoms with van der Waals surface area (Å²) in [6, 6.07) is 4.57. The first kappa shape index (κ1) is 14.7. The normalized spacial score (nSPS) is 11.3. The summed E-state index contributed by atoms with van der Waals surface area (Å²) in [5, 5.41) is -0.104. The van der Waals surface area contributed by atoms with Crippen molar-refractivity contribution in [2.24, 2.45) is 0 Å². The number of hydrogen-bond acceptors (Lipinski definition) is 4. The van der Waals surface area contributed by atoms with Crippen molar-refractivity contribution in [2.75, 3.05) is 4.72 Å². The maximum Gasteiger partial charge on any atom is 0.266 e. The lowest BCUT2D eigenvalue weighted by atomic mass is 10.5. The van der Waals surface area contributed by atoms with E-state index < -0.39 is 10.0 Å². The molecule has 0 atom stereocenters. The lowest BCUT2D eigenvalue weighted by molar-refractivity contribution is 0.600. The lowest BCUT2D eigenvalue weighted by Gasteiger charge is -2.08. The van der Waals surface area contributed by atoms with Crippen LogP contribution in [0.1, 0.15) is 0 Å². The molecule has 2 aromatic rings. The van der Waals surface area contributed by atoms with Crippen LogP contribution in [0.3, 0.4) is 0 Å². The van der Waals surface area contributed by atoms with Gasteiger partial charge in [0, 0.05) is 21.3 Å². The fraction of sp³-hybridized carbons (Fsp3) is 0. The SMILES string of the molecule is O=S(=O)(Nc1ccc(Br)cn1)c1cc(Br)cnc1Cl. The van der Waals surface area contributed by atoms with E-state index >= 15 is 0 Å². The third-order valence-electron chi connectivity index (χ3n) is 2.03. The van der Waals surface area contributed by atoms with Crippen LogP contribution in [0.2, 0.25) is 5.15 Å². The first-order valence-electron chi connectivity index (χ1n) is 4.84. The molecule has 2 aromatic heterocycles. The van der Waals surface area contributed by atoms with E-state index in [-0.39, 0.29) is 15.9 Å². The molecule has 100 valence electrons. The summed E-state index contributed by atoms with van der Waals surface area (Å²) in [7, 11) is -3.83. The molecule has 0 radical (unpaired) electrons. The molecule has 0 spiro atoms. The van der Waals surface area contributed by atoms with Gasteiger partial charge in [-0.05, 0) is 50.1 Å². The smallest absolute Gasteiger partial charge is 0.263 e. The number of halogens is 3. The van der Waals surface area contributed by atoms with Crippen LogP contribution >= 0.6 is 43.5 Å². The highest BCUT2D eigenvalue weighted by atomic mass is 79.9. The number of hydrogen-bond donors (Lipinski definition) is 1. The van der Waals surface area contributed by atoms with Crippen molar-refractivity contribution in [3.8, 4) is 0 Å². The van der Waals surface area contributed by atoms with E-state index in [0.29, 0.717) is 4.47 Å². The Kier molecular flexibility index (Phi) is 4.44. The number of anilines is 1. The second-order valence-electron chi connectivity index (χ2n) is 3.41. The highest BCUT2D eigenvalue weighted by Gasteiger charge is 2.20. The van der Waals surface area contributed by atoms with Gasteiger partial charge in [-0.25, -0.2) is 18.4 Å². The molecule has 0 aliphatic rings. The van der Waals surface area contributed by atoms with Gasteiger partial charge < -0.3 is 0 Å². The predicted molar refractivity (Wildman–Crippen MR) is 79.7 cm³/mol. The Labute approximate surface area is 131 Å². The first-order chi connectivity index (χ1) is 8.88. The van der Waals surface area contributed by atoms with E-state index in [2.05, 4.69) is 46.5 Å². The van der Waals surface area contributed by atoms with Crippen molar-refractivity contribution in [1.82, 2.24) is 9.97 Å². The highest BCUT2D eigenvalue weighted by molar-refractivity contribution is 9.10. The van der Waals surface area contributed by atoms with Crippen LogP contribution in [0.25, 0.3) is 0 Å². The van der Waals surface area contributed by atoms with Gasteiger partial charge in [0.25, 0.3) is 10.0 Å². The van der Waals surface area contributed by atoms with Crippen molar-refractivity contribution in [2.45, 2.75) is 4.90 Å². The minimum Gasteiger partial charge on any atom is -0.263 e. The molecule has 0 bridgehead atoms. The molecule has 9 heteroatoms. The standard InChI is InChI=1S/C10H6Br2ClN3O2S/c11-6-1-2-9(14-4-6)16-19(17,18)8-3-7(12)5-15-10(8)13/h1-5H,(H,14,16). The average molecular weight is 428 g/mol. The van der Waals surface area contributed by atoms with Crippen LogP contribution in [0.4, 0.5) is 5.82 Å². The zero-order valence-corrected chi connectivity index (χ0v) is 13.9.